The van der Waals surface area contributed by atoms with Gasteiger partial charge in [0.2, 0.25) is 5.90 Å². The van der Waals surface area contributed by atoms with Gasteiger partial charge in [-0.2, -0.15) is 0 Å². The molecule has 2 aromatic carbocycles. The third-order valence-corrected chi connectivity index (χ3v) is 5.10. The number of esters is 1. The van der Waals surface area contributed by atoms with Crippen molar-refractivity contribution in [2.75, 3.05) is 12.9 Å². The number of ether oxygens (including phenoxy) is 2. The molecule has 2 atom stereocenters. The number of hydrogen-bond acceptors (Lipinski definition) is 6. The Hall–Kier alpha value is -2.67. The van der Waals surface area contributed by atoms with Gasteiger partial charge in [0.25, 0.3) is 0 Å². The minimum absolute atomic E-state index is 0.205. The van der Waals surface area contributed by atoms with E-state index in [1.165, 1.54) is 12.1 Å². The van der Waals surface area contributed by atoms with Crippen LogP contribution in [0.2, 0.25) is 0 Å². The van der Waals surface area contributed by atoms with E-state index in [1.807, 2.05) is 30.3 Å². The van der Waals surface area contributed by atoms with Gasteiger partial charge in [-0.25, -0.2) is 18.2 Å². The van der Waals surface area contributed by atoms with Crippen molar-refractivity contribution in [3.63, 3.8) is 0 Å². The van der Waals surface area contributed by atoms with Gasteiger partial charge in [-0.15, -0.1) is 0 Å². The van der Waals surface area contributed by atoms with E-state index >= 15 is 0 Å². The number of carbonyl (C=O) groups excluding carboxylic acids is 1. The molecule has 3 rings (SSSR count). The fourth-order valence-corrected chi connectivity index (χ4v) is 3.32. The lowest BCUT2D eigenvalue weighted by Crippen LogP contribution is -2.26. The fourth-order valence-electron chi connectivity index (χ4n) is 2.69. The van der Waals surface area contributed by atoms with E-state index in [4.69, 9.17) is 9.47 Å². The second-order valence-electron chi connectivity index (χ2n) is 5.88. The number of carbonyl (C=O) groups is 1. The van der Waals surface area contributed by atoms with Crippen LogP contribution in [0.15, 0.2) is 64.5 Å². The smallest absolute Gasteiger partial charge is 0.335 e. The van der Waals surface area contributed by atoms with E-state index in [0.717, 1.165) is 11.8 Å². The summed E-state index contributed by atoms with van der Waals surface area (Å²) in [6.07, 6.45) is 0.476. The van der Waals surface area contributed by atoms with Gasteiger partial charge < -0.3 is 9.47 Å². The minimum Gasteiger partial charge on any atom is -0.466 e. The molecule has 2 aromatic rings. The molecule has 7 heteroatoms. The number of rotatable bonds is 5. The molecule has 0 unspecified atom stereocenters. The first kappa shape index (κ1) is 18.1. The van der Waals surface area contributed by atoms with Gasteiger partial charge in [0.05, 0.1) is 11.5 Å². The van der Waals surface area contributed by atoms with Crippen LogP contribution < -0.4 is 0 Å². The summed E-state index contributed by atoms with van der Waals surface area (Å²) in [5, 5.41) is 0. The quantitative estimate of drug-likeness (QED) is 0.752. The van der Waals surface area contributed by atoms with E-state index in [0.29, 0.717) is 11.5 Å². The number of benzene rings is 2. The Morgan fingerprint density at radius 3 is 2.35 bits per heavy atom. The van der Waals surface area contributed by atoms with Crippen molar-refractivity contribution in [3.05, 3.63) is 65.7 Å². The number of hydrogen-bond donors (Lipinski definition) is 0. The van der Waals surface area contributed by atoms with E-state index in [-0.39, 0.29) is 11.5 Å². The zero-order chi connectivity index (χ0) is 18.7. The molecule has 1 heterocycles. The van der Waals surface area contributed by atoms with E-state index in [1.54, 1.807) is 19.1 Å². The molecule has 136 valence electrons. The van der Waals surface area contributed by atoms with Gasteiger partial charge in [0, 0.05) is 11.8 Å². The summed E-state index contributed by atoms with van der Waals surface area (Å²) in [4.78, 5) is 16.9. The Bertz CT molecular complexity index is 920. The van der Waals surface area contributed by atoms with Crippen LogP contribution >= 0.6 is 0 Å². The SMILES string of the molecule is CCOC(=O)[C@H]1N=C(c2ccccc2)O[C@H]1c1ccc(S(C)(=O)=O)cc1. The first-order chi connectivity index (χ1) is 12.4. The summed E-state index contributed by atoms with van der Waals surface area (Å²) >= 11 is 0. The lowest BCUT2D eigenvalue weighted by molar-refractivity contribution is -0.146. The molecular formula is C19H19NO5S. The highest BCUT2D eigenvalue weighted by Gasteiger charge is 2.39. The molecule has 0 spiro atoms. The maximum Gasteiger partial charge on any atom is 0.335 e. The largest absolute Gasteiger partial charge is 0.466 e. The normalized spacial score (nSPS) is 19.5. The molecule has 0 saturated carbocycles. The highest BCUT2D eigenvalue weighted by atomic mass is 32.2. The number of aliphatic imine (C=N–C) groups is 1. The zero-order valence-electron chi connectivity index (χ0n) is 14.5. The van der Waals surface area contributed by atoms with Crippen LogP contribution in [-0.4, -0.2) is 39.2 Å². The summed E-state index contributed by atoms with van der Waals surface area (Å²) < 4.78 is 34.3. The maximum atomic E-state index is 12.3. The molecule has 0 aliphatic carbocycles. The molecule has 0 saturated heterocycles. The Balaban J connectivity index is 1.93. The van der Waals surface area contributed by atoms with Crippen molar-refractivity contribution >= 4 is 21.7 Å². The monoisotopic (exact) mass is 373 g/mol. The highest BCUT2D eigenvalue weighted by Crippen LogP contribution is 2.32. The zero-order valence-corrected chi connectivity index (χ0v) is 15.3. The first-order valence-corrected chi connectivity index (χ1v) is 10.1. The van der Waals surface area contributed by atoms with Gasteiger partial charge in [-0.1, -0.05) is 30.3 Å². The Morgan fingerprint density at radius 2 is 1.77 bits per heavy atom. The van der Waals surface area contributed by atoms with Crippen LogP contribution in [0.4, 0.5) is 0 Å². The molecule has 0 radical (unpaired) electrons. The molecule has 0 amide bonds. The number of nitrogens with zero attached hydrogens (tertiary/aromatic N) is 1. The second-order valence-corrected chi connectivity index (χ2v) is 7.89. The topological polar surface area (TPSA) is 82.0 Å². The summed E-state index contributed by atoms with van der Waals surface area (Å²) in [5.41, 5.74) is 1.42. The molecule has 0 aromatic heterocycles. The number of sulfone groups is 1. The van der Waals surface area contributed by atoms with Gasteiger partial charge in [-0.05, 0) is 36.8 Å². The van der Waals surface area contributed by atoms with Crippen LogP contribution in [0, 0.1) is 0 Å². The van der Waals surface area contributed by atoms with Gasteiger partial charge in [0.15, 0.2) is 22.0 Å². The van der Waals surface area contributed by atoms with E-state index in [2.05, 4.69) is 4.99 Å². The fraction of sp³-hybridized carbons (Fsp3) is 0.263. The van der Waals surface area contributed by atoms with E-state index in [9.17, 15) is 13.2 Å². The Kier molecular flexibility index (Phi) is 5.08. The van der Waals surface area contributed by atoms with Crippen LogP contribution in [0.3, 0.4) is 0 Å². The molecule has 0 fully saturated rings. The second kappa shape index (κ2) is 7.29. The molecular weight excluding hydrogens is 354 g/mol. The summed E-state index contributed by atoms with van der Waals surface area (Å²) in [7, 11) is -3.30. The lowest BCUT2D eigenvalue weighted by atomic mass is 10.0. The van der Waals surface area contributed by atoms with Crippen molar-refractivity contribution in [1.82, 2.24) is 0 Å². The molecule has 26 heavy (non-hydrogen) atoms. The van der Waals surface area contributed by atoms with Crippen molar-refractivity contribution in [3.8, 4) is 0 Å². The third-order valence-electron chi connectivity index (χ3n) is 3.97. The maximum absolute atomic E-state index is 12.3. The van der Waals surface area contributed by atoms with Crippen molar-refractivity contribution in [2.24, 2.45) is 4.99 Å². The Labute approximate surface area is 152 Å². The molecule has 0 bridgehead atoms. The van der Waals surface area contributed by atoms with Gasteiger partial charge in [0.1, 0.15) is 0 Å². The van der Waals surface area contributed by atoms with E-state index < -0.39 is 28.0 Å². The van der Waals surface area contributed by atoms with Crippen molar-refractivity contribution in [1.29, 1.82) is 0 Å². The van der Waals surface area contributed by atoms with Crippen molar-refractivity contribution < 1.29 is 22.7 Å². The average Bonchev–Trinajstić information content (AvgIpc) is 3.07. The average molecular weight is 373 g/mol. The minimum atomic E-state index is -3.30. The molecule has 0 N–H and O–H groups in total. The van der Waals surface area contributed by atoms with Crippen LogP contribution in [0.1, 0.15) is 24.2 Å². The van der Waals surface area contributed by atoms with Gasteiger partial charge >= 0.3 is 5.97 Å². The van der Waals surface area contributed by atoms with Crippen molar-refractivity contribution in [2.45, 2.75) is 24.0 Å². The lowest BCUT2D eigenvalue weighted by Gasteiger charge is -2.17. The van der Waals surface area contributed by atoms with Crippen LogP contribution in [0.25, 0.3) is 0 Å². The molecule has 1 aliphatic rings. The highest BCUT2D eigenvalue weighted by molar-refractivity contribution is 7.90. The first-order valence-electron chi connectivity index (χ1n) is 8.16. The van der Waals surface area contributed by atoms with Crippen LogP contribution in [0.5, 0.6) is 0 Å². The predicted molar refractivity (Wildman–Crippen MR) is 96.8 cm³/mol. The molecule has 6 nitrogen and oxygen atoms in total. The van der Waals surface area contributed by atoms with Gasteiger partial charge in [-0.3, -0.25) is 0 Å². The summed E-state index contributed by atoms with van der Waals surface area (Å²) in [6, 6.07) is 14.7. The Morgan fingerprint density at radius 1 is 1.12 bits per heavy atom. The standard InChI is InChI=1S/C19H19NO5S/c1-3-24-19(21)16-17(13-9-11-15(12-10-13)26(2,22)23)25-18(20-16)14-7-5-4-6-8-14/h4-12,16-17H,3H2,1-2H3/t16-,17-/m0/s1. The van der Waals surface area contributed by atoms with Crippen LogP contribution in [-0.2, 0) is 24.1 Å². The third kappa shape index (κ3) is 3.77. The predicted octanol–water partition coefficient (Wildman–Crippen LogP) is 2.54. The molecule has 1 aliphatic heterocycles. The summed E-state index contributed by atoms with van der Waals surface area (Å²) in [5.74, 6) is -0.114. The summed E-state index contributed by atoms with van der Waals surface area (Å²) in [6.45, 7) is 1.97.